The summed E-state index contributed by atoms with van der Waals surface area (Å²) < 4.78 is 25.4. The molecule has 0 spiro atoms. The minimum absolute atomic E-state index is 0.0683. The standard InChI is InChI=1S/C21H24N2O4S/c1-2-28(26,27)23-14-12-17(13-15-23)21(25)22-19-11-7-6-10-18(19)20(24)16-8-4-3-5-9-16/h3-11,17H,2,12-15H2,1H3,(H,22,25). The molecule has 7 heteroatoms. The molecule has 1 aliphatic rings. The molecule has 1 saturated heterocycles. The molecule has 28 heavy (non-hydrogen) atoms. The van der Waals surface area contributed by atoms with Crippen LogP contribution in [0.3, 0.4) is 0 Å². The van der Waals surface area contributed by atoms with Crippen LogP contribution in [0.2, 0.25) is 0 Å². The van der Waals surface area contributed by atoms with Crippen molar-refractivity contribution in [2.45, 2.75) is 19.8 Å². The zero-order chi connectivity index (χ0) is 20.1. The van der Waals surface area contributed by atoms with E-state index in [4.69, 9.17) is 0 Å². The molecule has 6 nitrogen and oxygen atoms in total. The van der Waals surface area contributed by atoms with E-state index < -0.39 is 10.0 Å². The summed E-state index contributed by atoms with van der Waals surface area (Å²) in [6.45, 7) is 2.31. The van der Waals surface area contributed by atoms with E-state index in [2.05, 4.69) is 5.32 Å². The van der Waals surface area contributed by atoms with E-state index in [0.29, 0.717) is 42.7 Å². The molecule has 1 aliphatic heterocycles. The topological polar surface area (TPSA) is 83.6 Å². The highest BCUT2D eigenvalue weighted by Crippen LogP contribution is 2.24. The molecule has 0 saturated carbocycles. The number of carbonyl (C=O) groups is 2. The maximum atomic E-state index is 12.8. The summed E-state index contributed by atoms with van der Waals surface area (Å²) in [7, 11) is -3.22. The smallest absolute Gasteiger partial charge is 0.227 e. The van der Waals surface area contributed by atoms with Crippen molar-refractivity contribution in [3.05, 3.63) is 65.7 Å². The van der Waals surface area contributed by atoms with Gasteiger partial charge in [0.1, 0.15) is 0 Å². The number of sulfonamides is 1. The fraction of sp³-hybridized carbons (Fsp3) is 0.333. The molecule has 1 N–H and O–H groups in total. The molecular formula is C21H24N2O4S. The average molecular weight is 401 g/mol. The molecular weight excluding hydrogens is 376 g/mol. The highest BCUT2D eigenvalue weighted by Gasteiger charge is 2.30. The summed E-state index contributed by atoms with van der Waals surface area (Å²) in [5.74, 6) is -0.538. The Morgan fingerprint density at radius 3 is 2.25 bits per heavy atom. The van der Waals surface area contributed by atoms with Gasteiger partial charge in [0.05, 0.1) is 11.4 Å². The van der Waals surface area contributed by atoms with Gasteiger partial charge in [0.2, 0.25) is 15.9 Å². The van der Waals surface area contributed by atoms with Crippen molar-refractivity contribution >= 4 is 27.4 Å². The molecule has 2 aromatic carbocycles. The first-order valence-electron chi connectivity index (χ1n) is 9.40. The summed E-state index contributed by atoms with van der Waals surface area (Å²) in [4.78, 5) is 25.5. The molecule has 2 aromatic rings. The molecule has 0 bridgehead atoms. The Morgan fingerprint density at radius 1 is 1.00 bits per heavy atom. The number of amides is 1. The van der Waals surface area contributed by atoms with Gasteiger partial charge in [-0.25, -0.2) is 12.7 Å². The third kappa shape index (κ3) is 4.48. The molecule has 1 fully saturated rings. The van der Waals surface area contributed by atoms with Crippen LogP contribution >= 0.6 is 0 Å². The van der Waals surface area contributed by atoms with Gasteiger partial charge in [0.15, 0.2) is 5.78 Å². The number of hydrogen-bond acceptors (Lipinski definition) is 4. The number of carbonyl (C=O) groups excluding carboxylic acids is 2. The molecule has 0 unspecified atom stereocenters. The van der Waals surface area contributed by atoms with E-state index in [0.717, 1.165) is 0 Å². The third-order valence-electron chi connectivity index (χ3n) is 5.05. The zero-order valence-corrected chi connectivity index (χ0v) is 16.6. The summed E-state index contributed by atoms with van der Waals surface area (Å²) in [5.41, 5.74) is 1.47. The number of hydrogen-bond donors (Lipinski definition) is 1. The van der Waals surface area contributed by atoms with Crippen molar-refractivity contribution in [2.24, 2.45) is 5.92 Å². The van der Waals surface area contributed by atoms with Crippen LogP contribution in [-0.4, -0.2) is 43.3 Å². The van der Waals surface area contributed by atoms with Gasteiger partial charge in [-0.05, 0) is 31.9 Å². The summed E-state index contributed by atoms with van der Waals surface area (Å²) in [5, 5.41) is 2.87. The minimum atomic E-state index is -3.22. The molecule has 0 aliphatic carbocycles. The number of ketones is 1. The van der Waals surface area contributed by atoms with E-state index in [1.54, 1.807) is 55.5 Å². The first-order valence-corrected chi connectivity index (χ1v) is 11.0. The predicted molar refractivity (Wildman–Crippen MR) is 109 cm³/mol. The fourth-order valence-corrected chi connectivity index (χ4v) is 4.48. The summed E-state index contributed by atoms with van der Waals surface area (Å²) in [6, 6.07) is 15.9. The van der Waals surface area contributed by atoms with Crippen molar-refractivity contribution in [3.63, 3.8) is 0 Å². The van der Waals surface area contributed by atoms with Crippen molar-refractivity contribution in [3.8, 4) is 0 Å². The average Bonchev–Trinajstić information content (AvgIpc) is 2.74. The Bertz CT molecular complexity index is 949. The van der Waals surface area contributed by atoms with Gasteiger partial charge < -0.3 is 5.32 Å². The molecule has 3 rings (SSSR count). The lowest BCUT2D eigenvalue weighted by Crippen LogP contribution is -2.42. The Kier molecular flexibility index (Phi) is 6.26. The van der Waals surface area contributed by atoms with E-state index in [1.165, 1.54) is 4.31 Å². The van der Waals surface area contributed by atoms with Gasteiger partial charge in [-0.1, -0.05) is 42.5 Å². The van der Waals surface area contributed by atoms with E-state index in [9.17, 15) is 18.0 Å². The van der Waals surface area contributed by atoms with E-state index in [-0.39, 0.29) is 23.4 Å². The van der Waals surface area contributed by atoms with Crippen LogP contribution in [0, 0.1) is 5.92 Å². The van der Waals surface area contributed by atoms with Gasteiger partial charge in [-0.15, -0.1) is 0 Å². The Labute approximate surface area is 165 Å². The van der Waals surface area contributed by atoms with Crippen molar-refractivity contribution in [1.82, 2.24) is 4.31 Å². The number of para-hydroxylation sites is 1. The minimum Gasteiger partial charge on any atom is -0.325 e. The second-order valence-corrected chi connectivity index (χ2v) is 9.06. The zero-order valence-electron chi connectivity index (χ0n) is 15.8. The van der Waals surface area contributed by atoms with E-state index in [1.807, 2.05) is 6.07 Å². The second-order valence-electron chi connectivity index (χ2n) is 6.80. The van der Waals surface area contributed by atoms with Crippen LogP contribution in [0.5, 0.6) is 0 Å². The van der Waals surface area contributed by atoms with E-state index >= 15 is 0 Å². The Balaban J connectivity index is 1.70. The van der Waals surface area contributed by atoms with Gasteiger partial charge in [-0.2, -0.15) is 0 Å². The molecule has 1 amide bonds. The monoisotopic (exact) mass is 400 g/mol. The number of nitrogens with one attached hydrogen (secondary N) is 1. The first-order chi connectivity index (χ1) is 13.4. The van der Waals surface area contributed by atoms with Crippen LogP contribution in [0.4, 0.5) is 5.69 Å². The maximum absolute atomic E-state index is 12.8. The molecule has 0 atom stereocenters. The number of nitrogens with zero attached hydrogens (tertiary/aromatic N) is 1. The van der Waals surface area contributed by atoms with Crippen LogP contribution in [0.25, 0.3) is 0 Å². The largest absolute Gasteiger partial charge is 0.325 e. The number of piperidine rings is 1. The third-order valence-corrected chi connectivity index (χ3v) is 6.93. The van der Waals surface area contributed by atoms with Gasteiger partial charge in [0, 0.05) is 30.1 Å². The lowest BCUT2D eigenvalue weighted by molar-refractivity contribution is -0.120. The number of rotatable bonds is 6. The normalized spacial score (nSPS) is 15.9. The molecule has 1 heterocycles. The highest BCUT2D eigenvalue weighted by atomic mass is 32.2. The number of anilines is 1. The molecule has 0 radical (unpaired) electrons. The molecule has 148 valence electrons. The van der Waals surface area contributed by atoms with Crippen LogP contribution in [-0.2, 0) is 14.8 Å². The predicted octanol–water partition coefficient (Wildman–Crippen LogP) is 2.92. The quantitative estimate of drug-likeness (QED) is 0.756. The van der Waals surface area contributed by atoms with Crippen LogP contribution in [0.15, 0.2) is 54.6 Å². The molecule has 0 aromatic heterocycles. The van der Waals surface area contributed by atoms with Crippen molar-refractivity contribution in [1.29, 1.82) is 0 Å². The lowest BCUT2D eigenvalue weighted by Gasteiger charge is -2.30. The SMILES string of the molecule is CCS(=O)(=O)N1CCC(C(=O)Nc2ccccc2C(=O)c2ccccc2)CC1. The van der Waals surface area contributed by atoms with Gasteiger partial charge in [-0.3, -0.25) is 9.59 Å². The van der Waals surface area contributed by atoms with Crippen LogP contribution in [0.1, 0.15) is 35.7 Å². The van der Waals surface area contributed by atoms with Gasteiger partial charge in [0.25, 0.3) is 0 Å². The number of benzene rings is 2. The Morgan fingerprint density at radius 2 is 1.61 bits per heavy atom. The summed E-state index contributed by atoms with van der Waals surface area (Å²) in [6.07, 6.45) is 0.944. The van der Waals surface area contributed by atoms with Gasteiger partial charge >= 0.3 is 0 Å². The van der Waals surface area contributed by atoms with Crippen molar-refractivity contribution in [2.75, 3.05) is 24.2 Å². The first kappa shape index (κ1) is 20.2. The Hall–Kier alpha value is -2.51. The maximum Gasteiger partial charge on any atom is 0.227 e. The second kappa shape index (κ2) is 8.67. The highest BCUT2D eigenvalue weighted by molar-refractivity contribution is 7.89. The lowest BCUT2D eigenvalue weighted by atomic mass is 9.96. The fourth-order valence-electron chi connectivity index (χ4n) is 3.35. The van der Waals surface area contributed by atoms with Crippen LogP contribution < -0.4 is 5.32 Å². The van der Waals surface area contributed by atoms with Crippen molar-refractivity contribution < 1.29 is 18.0 Å². The summed E-state index contributed by atoms with van der Waals surface area (Å²) >= 11 is 0.